The van der Waals surface area contributed by atoms with Gasteiger partial charge < -0.3 is 47.4 Å². The van der Waals surface area contributed by atoms with Crippen molar-refractivity contribution in [3.63, 3.8) is 0 Å². The zero-order valence-electron chi connectivity index (χ0n) is 34.1. The number of methoxy groups -OCH3 is 3. The molecule has 0 aliphatic heterocycles. The van der Waals surface area contributed by atoms with Crippen LogP contribution in [0.15, 0.2) is 54.6 Å². The maximum Gasteiger partial charge on any atom is 0.308 e. The monoisotopic (exact) mass is 810 g/mol. The largest absolute Gasteiger partial charge is 0.493 e. The van der Waals surface area contributed by atoms with Gasteiger partial charge in [0.15, 0.2) is 46.7 Å². The lowest BCUT2D eigenvalue weighted by atomic mass is 9.83. The van der Waals surface area contributed by atoms with Crippen LogP contribution < -0.4 is 28.4 Å². The third-order valence-corrected chi connectivity index (χ3v) is 8.50. The van der Waals surface area contributed by atoms with Gasteiger partial charge >= 0.3 is 35.8 Å². The summed E-state index contributed by atoms with van der Waals surface area (Å²) >= 11 is 0. The summed E-state index contributed by atoms with van der Waals surface area (Å²) in [6.07, 6.45) is -1.60. The number of carbonyl (C=O) groups is 6. The standard InChI is InChI=1S/C42H50O16/c1-24(43)52-21-33(16-30-10-13-35(55-27(4)46)38(18-30)49-7)34(22-53-25(2)44)17-31-11-14-37(39(19-31)50-8)58-41(23-54-26(3)45)42(57-29(6)48)32-12-15-36(56-28(5)47)40(20-32)51-9/h10-15,18-20,33-34,41-42H,16-17,21-23H2,1-9H3/t33-,34-,41+,42-/m0/s1. The van der Waals surface area contributed by atoms with Crippen LogP contribution in [0.1, 0.15) is 64.3 Å². The van der Waals surface area contributed by atoms with Crippen molar-refractivity contribution in [2.45, 2.75) is 66.6 Å². The SMILES string of the molecule is COc1cc(C[C@@H](COC(C)=O)[C@H](COC(C)=O)Cc2ccc(O[C@H](COC(C)=O)[C@@H](OC(C)=O)c3ccc(OC(C)=O)c(OC)c3)c(OC)c2)ccc1OC(C)=O. The van der Waals surface area contributed by atoms with Crippen molar-refractivity contribution in [3.05, 3.63) is 71.3 Å². The average Bonchev–Trinajstić information content (AvgIpc) is 3.16. The summed E-state index contributed by atoms with van der Waals surface area (Å²) < 4.78 is 55.5. The summed E-state index contributed by atoms with van der Waals surface area (Å²) in [6, 6.07) is 14.7. The van der Waals surface area contributed by atoms with Crippen molar-refractivity contribution < 1.29 is 76.1 Å². The molecule has 0 aliphatic rings. The molecule has 0 aromatic heterocycles. The summed E-state index contributed by atoms with van der Waals surface area (Å²) in [4.78, 5) is 71.6. The summed E-state index contributed by atoms with van der Waals surface area (Å²) in [5.41, 5.74) is 1.89. The van der Waals surface area contributed by atoms with Crippen LogP contribution in [0, 0.1) is 11.8 Å². The van der Waals surface area contributed by atoms with Gasteiger partial charge in [0.05, 0.1) is 34.5 Å². The Morgan fingerprint density at radius 3 is 1.31 bits per heavy atom. The quantitative estimate of drug-likeness (QED) is 0.0761. The van der Waals surface area contributed by atoms with Gasteiger partial charge in [0.2, 0.25) is 0 Å². The van der Waals surface area contributed by atoms with Crippen LogP contribution in [-0.2, 0) is 60.6 Å². The van der Waals surface area contributed by atoms with E-state index < -0.39 is 53.9 Å². The lowest BCUT2D eigenvalue weighted by Crippen LogP contribution is -2.34. The molecule has 0 fully saturated rings. The Balaban J connectivity index is 2.02. The number of hydrogen-bond donors (Lipinski definition) is 0. The smallest absolute Gasteiger partial charge is 0.308 e. The van der Waals surface area contributed by atoms with E-state index in [4.69, 9.17) is 47.4 Å². The van der Waals surface area contributed by atoms with E-state index in [9.17, 15) is 28.8 Å². The molecule has 3 aromatic carbocycles. The molecule has 0 amide bonds. The van der Waals surface area contributed by atoms with E-state index in [1.54, 1.807) is 42.5 Å². The minimum atomic E-state index is -1.15. The van der Waals surface area contributed by atoms with Gasteiger partial charge in [-0.25, -0.2) is 0 Å². The zero-order chi connectivity index (χ0) is 42.9. The first-order valence-electron chi connectivity index (χ1n) is 18.2. The molecule has 0 saturated carbocycles. The minimum Gasteiger partial charge on any atom is -0.493 e. The number of hydrogen-bond acceptors (Lipinski definition) is 16. The normalized spacial score (nSPS) is 12.7. The average molecular weight is 811 g/mol. The highest BCUT2D eigenvalue weighted by Crippen LogP contribution is 2.38. The molecule has 4 atom stereocenters. The minimum absolute atomic E-state index is 0.00435. The van der Waals surface area contributed by atoms with Crippen molar-refractivity contribution in [2.24, 2.45) is 11.8 Å². The number of carbonyl (C=O) groups excluding carboxylic acids is 6. The fraction of sp³-hybridized carbons (Fsp3) is 0.429. The molecule has 0 bridgehead atoms. The van der Waals surface area contributed by atoms with Gasteiger partial charge in [-0.15, -0.1) is 0 Å². The van der Waals surface area contributed by atoms with Crippen molar-refractivity contribution in [1.29, 1.82) is 0 Å². The predicted molar refractivity (Wildman–Crippen MR) is 205 cm³/mol. The number of esters is 6. The zero-order valence-corrected chi connectivity index (χ0v) is 34.1. The molecule has 314 valence electrons. The Bertz CT molecular complexity index is 1920. The molecular formula is C42H50O16. The van der Waals surface area contributed by atoms with Crippen LogP contribution in [-0.4, -0.2) is 83.1 Å². The molecule has 16 heteroatoms. The molecule has 0 N–H and O–H groups in total. The van der Waals surface area contributed by atoms with Crippen LogP contribution in [0.4, 0.5) is 0 Å². The van der Waals surface area contributed by atoms with Gasteiger partial charge in [0.25, 0.3) is 0 Å². The van der Waals surface area contributed by atoms with E-state index in [-0.39, 0.29) is 54.5 Å². The number of benzene rings is 3. The fourth-order valence-corrected chi connectivity index (χ4v) is 5.98. The molecule has 3 aromatic rings. The summed E-state index contributed by atoms with van der Waals surface area (Å²) in [5.74, 6) is -2.76. The molecule has 16 nitrogen and oxygen atoms in total. The van der Waals surface area contributed by atoms with Crippen molar-refractivity contribution >= 4 is 35.8 Å². The van der Waals surface area contributed by atoms with E-state index in [1.807, 2.05) is 0 Å². The second-order valence-corrected chi connectivity index (χ2v) is 13.1. The van der Waals surface area contributed by atoms with E-state index in [0.29, 0.717) is 24.2 Å². The first-order chi connectivity index (χ1) is 27.5. The maximum absolute atomic E-state index is 12.4. The van der Waals surface area contributed by atoms with Crippen LogP contribution in [0.5, 0.6) is 34.5 Å². The van der Waals surface area contributed by atoms with Gasteiger partial charge in [-0.3, -0.25) is 28.8 Å². The predicted octanol–water partition coefficient (Wildman–Crippen LogP) is 5.32. The van der Waals surface area contributed by atoms with Gasteiger partial charge in [0.1, 0.15) is 6.61 Å². The summed E-state index contributed by atoms with van der Waals surface area (Å²) in [5, 5.41) is 0. The third kappa shape index (κ3) is 14.6. The third-order valence-electron chi connectivity index (χ3n) is 8.50. The Kier molecular flexibility index (Phi) is 17.8. The second kappa shape index (κ2) is 22.4. The topological polar surface area (TPSA) is 195 Å². The molecule has 0 saturated heterocycles. The lowest BCUT2D eigenvalue weighted by molar-refractivity contribution is -0.157. The first-order valence-corrected chi connectivity index (χ1v) is 18.2. The van der Waals surface area contributed by atoms with Gasteiger partial charge in [-0.1, -0.05) is 18.2 Å². The number of ether oxygens (including phenoxy) is 10. The second-order valence-electron chi connectivity index (χ2n) is 13.1. The van der Waals surface area contributed by atoms with Crippen molar-refractivity contribution in [3.8, 4) is 34.5 Å². The fourth-order valence-electron chi connectivity index (χ4n) is 5.98. The number of rotatable bonds is 21. The Hall–Kier alpha value is -6.32. The van der Waals surface area contributed by atoms with Crippen LogP contribution in [0.25, 0.3) is 0 Å². The Labute approximate surface area is 336 Å². The summed E-state index contributed by atoms with van der Waals surface area (Å²) in [7, 11) is 4.26. The van der Waals surface area contributed by atoms with Gasteiger partial charge in [-0.05, 0) is 60.4 Å². The lowest BCUT2D eigenvalue weighted by Gasteiger charge is -2.29. The van der Waals surface area contributed by atoms with Crippen LogP contribution in [0.3, 0.4) is 0 Å². The highest BCUT2D eigenvalue weighted by molar-refractivity contribution is 5.71. The maximum atomic E-state index is 12.4. The first kappa shape index (κ1) is 46.1. The molecular weight excluding hydrogens is 760 g/mol. The Morgan fingerprint density at radius 2 is 0.879 bits per heavy atom. The molecule has 58 heavy (non-hydrogen) atoms. The Morgan fingerprint density at radius 1 is 0.466 bits per heavy atom. The van der Waals surface area contributed by atoms with E-state index in [0.717, 1.165) is 11.1 Å². The molecule has 0 aliphatic carbocycles. The van der Waals surface area contributed by atoms with Gasteiger partial charge in [-0.2, -0.15) is 0 Å². The van der Waals surface area contributed by atoms with Gasteiger partial charge in [0, 0.05) is 58.9 Å². The van der Waals surface area contributed by atoms with Crippen molar-refractivity contribution in [2.75, 3.05) is 41.2 Å². The van der Waals surface area contributed by atoms with Crippen molar-refractivity contribution in [1.82, 2.24) is 0 Å². The molecule has 0 spiro atoms. The highest BCUT2D eigenvalue weighted by atomic mass is 16.6. The molecule has 0 radical (unpaired) electrons. The van der Waals surface area contributed by atoms with Crippen LogP contribution >= 0.6 is 0 Å². The van der Waals surface area contributed by atoms with E-state index in [2.05, 4.69) is 0 Å². The summed E-state index contributed by atoms with van der Waals surface area (Å²) in [6.45, 7) is 7.19. The molecule has 3 rings (SSSR count). The molecule has 0 heterocycles. The molecule has 0 unspecified atom stereocenters. The van der Waals surface area contributed by atoms with E-state index >= 15 is 0 Å². The highest BCUT2D eigenvalue weighted by Gasteiger charge is 2.32. The van der Waals surface area contributed by atoms with Crippen LogP contribution in [0.2, 0.25) is 0 Å². The van der Waals surface area contributed by atoms with E-state index in [1.165, 1.54) is 75.0 Å².